The molecule has 0 aromatic heterocycles. The Morgan fingerprint density at radius 3 is 2.42 bits per heavy atom. The van der Waals surface area contributed by atoms with Gasteiger partial charge in [0.1, 0.15) is 0 Å². The zero-order chi connectivity index (χ0) is 9.56. The highest BCUT2D eigenvalue weighted by atomic mass is 16.5. The Bertz CT molecular complexity index is 134. The van der Waals surface area contributed by atoms with Crippen LogP contribution in [0.25, 0.3) is 0 Å². The largest absolute Gasteiger partial charge is 0.465 e. The molecule has 1 atom stereocenters. The zero-order valence-electron chi connectivity index (χ0n) is 8.39. The van der Waals surface area contributed by atoms with Crippen molar-refractivity contribution in [2.45, 2.75) is 33.2 Å². The molecule has 3 nitrogen and oxygen atoms in total. The third kappa shape index (κ3) is 6.16. The van der Waals surface area contributed by atoms with E-state index in [-0.39, 0.29) is 12.0 Å². The Balaban J connectivity index is 3.46. The van der Waals surface area contributed by atoms with E-state index < -0.39 is 0 Å². The van der Waals surface area contributed by atoms with Crippen LogP contribution in [0.3, 0.4) is 0 Å². The fourth-order valence-corrected chi connectivity index (χ4v) is 0.671. The van der Waals surface area contributed by atoms with Crippen LogP contribution < -0.4 is 5.32 Å². The number of rotatable bonds is 5. The molecule has 0 rings (SSSR count). The quantitative estimate of drug-likeness (QED) is 0.634. The van der Waals surface area contributed by atoms with E-state index in [1.807, 2.05) is 27.8 Å². The number of hydrogen-bond donors (Lipinski definition) is 1. The lowest BCUT2D eigenvalue weighted by Gasteiger charge is -2.10. The molecule has 0 aliphatic carbocycles. The molecule has 0 aliphatic heterocycles. The van der Waals surface area contributed by atoms with E-state index in [0.29, 0.717) is 18.9 Å². The topological polar surface area (TPSA) is 38.3 Å². The molecule has 12 heavy (non-hydrogen) atoms. The van der Waals surface area contributed by atoms with Crippen molar-refractivity contribution in [1.29, 1.82) is 0 Å². The monoisotopic (exact) mass is 173 g/mol. The maximum Gasteiger partial charge on any atom is 0.307 e. The lowest BCUT2D eigenvalue weighted by Crippen LogP contribution is -2.26. The summed E-state index contributed by atoms with van der Waals surface area (Å²) in [6, 6.07) is 0.199. The minimum Gasteiger partial charge on any atom is -0.465 e. The Morgan fingerprint density at radius 2 is 2.00 bits per heavy atom. The molecule has 0 spiro atoms. The fourth-order valence-electron chi connectivity index (χ4n) is 0.671. The van der Waals surface area contributed by atoms with Gasteiger partial charge in [-0.2, -0.15) is 0 Å². The molecule has 0 aromatic carbocycles. The second kappa shape index (κ2) is 6.00. The van der Waals surface area contributed by atoms with Crippen LogP contribution >= 0.6 is 0 Å². The van der Waals surface area contributed by atoms with Crippen LogP contribution in [-0.2, 0) is 9.53 Å². The molecule has 0 fully saturated rings. The van der Waals surface area contributed by atoms with Crippen LogP contribution in [0.15, 0.2) is 0 Å². The molecular weight excluding hydrogens is 154 g/mol. The smallest absolute Gasteiger partial charge is 0.307 e. The molecular formula is C9H19NO2. The van der Waals surface area contributed by atoms with Gasteiger partial charge in [0, 0.05) is 6.04 Å². The van der Waals surface area contributed by atoms with E-state index in [1.165, 1.54) is 0 Å². The Kier molecular flexibility index (Phi) is 5.72. The normalized spacial score (nSPS) is 13.1. The van der Waals surface area contributed by atoms with Gasteiger partial charge in [0.25, 0.3) is 0 Å². The van der Waals surface area contributed by atoms with E-state index in [1.54, 1.807) is 0 Å². The Labute approximate surface area is 74.5 Å². The van der Waals surface area contributed by atoms with E-state index in [4.69, 9.17) is 4.74 Å². The minimum atomic E-state index is -0.120. The SMILES string of the molecule is CN[C@@H](C)CC(=O)OCC(C)C. The molecule has 0 amide bonds. The average molecular weight is 173 g/mol. The molecule has 72 valence electrons. The summed E-state index contributed by atoms with van der Waals surface area (Å²) in [5.41, 5.74) is 0. The van der Waals surface area contributed by atoms with Crippen molar-refractivity contribution in [3.63, 3.8) is 0 Å². The van der Waals surface area contributed by atoms with Crippen molar-refractivity contribution in [1.82, 2.24) is 5.32 Å². The summed E-state index contributed by atoms with van der Waals surface area (Å²) in [5, 5.41) is 2.98. The molecule has 0 radical (unpaired) electrons. The van der Waals surface area contributed by atoms with Crippen molar-refractivity contribution in [2.24, 2.45) is 5.92 Å². The third-order valence-electron chi connectivity index (χ3n) is 1.54. The third-order valence-corrected chi connectivity index (χ3v) is 1.54. The van der Waals surface area contributed by atoms with E-state index in [2.05, 4.69) is 5.32 Å². The van der Waals surface area contributed by atoms with Crippen LogP contribution in [0.5, 0.6) is 0 Å². The summed E-state index contributed by atoms with van der Waals surface area (Å²) in [7, 11) is 1.83. The van der Waals surface area contributed by atoms with E-state index in [0.717, 1.165) is 0 Å². The van der Waals surface area contributed by atoms with Crippen molar-refractivity contribution in [3.8, 4) is 0 Å². The van der Waals surface area contributed by atoms with Gasteiger partial charge < -0.3 is 10.1 Å². The molecule has 0 unspecified atom stereocenters. The second-order valence-electron chi connectivity index (χ2n) is 3.47. The first-order chi connectivity index (χ1) is 5.56. The number of hydrogen-bond acceptors (Lipinski definition) is 3. The number of ether oxygens (including phenoxy) is 1. The molecule has 1 N–H and O–H groups in total. The van der Waals surface area contributed by atoms with Crippen LogP contribution in [0, 0.1) is 5.92 Å². The van der Waals surface area contributed by atoms with Gasteiger partial charge in [-0.25, -0.2) is 0 Å². The summed E-state index contributed by atoms with van der Waals surface area (Å²) in [6.45, 7) is 6.52. The number of esters is 1. The van der Waals surface area contributed by atoms with Crippen LogP contribution in [-0.4, -0.2) is 25.7 Å². The maximum atomic E-state index is 11.1. The molecule has 0 saturated carbocycles. The number of nitrogens with one attached hydrogen (secondary N) is 1. The van der Waals surface area contributed by atoms with E-state index in [9.17, 15) is 4.79 Å². The first kappa shape index (κ1) is 11.4. The Morgan fingerprint density at radius 1 is 1.42 bits per heavy atom. The van der Waals surface area contributed by atoms with Crippen LogP contribution in [0.4, 0.5) is 0 Å². The Hall–Kier alpha value is -0.570. The lowest BCUT2D eigenvalue weighted by molar-refractivity contribution is -0.145. The lowest BCUT2D eigenvalue weighted by atomic mass is 10.2. The summed E-state index contributed by atoms with van der Waals surface area (Å²) < 4.78 is 5.00. The molecule has 0 bridgehead atoms. The van der Waals surface area contributed by atoms with Crippen molar-refractivity contribution < 1.29 is 9.53 Å². The van der Waals surface area contributed by atoms with Crippen molar-refractivity contribution >= 4 is 5.97 Å². The van der Waals surface area contributed by atoms with Gasteiger partial charge in [-0.05, 0) is 19.9 Å². The summed E-state index contributed by atoms with van der Waals surface area (Å²) >= 11 is 0. The van der Waals surface area contributed by atoms with Gasteiger partial charge >= 0.3 is 5.97 Å². The molecule has 0 heterocycles. The predicted octanol–water partition coefficient (Wildman–Crippen LogP) is 1.18. The fraction of sp³-hybridized carbons (Fsp3) is 0.889. The zero-order valence-corrected chi connectivity index (χ0v) is 8.39. The summed E-state index contributed by atoms with van der Waals surface area (Å²) in [5.74, 6) is 0.296. The van der Waals surface area contributed by atoms with Crippen LogP contribution in [0.1, 0.15) is 27.2 Å². The predicted molar refractivity (Wildman–Crippen MR) is 48.9 cm³/mol. The second-order valence-corrected chi connectivity index (χ2v) is 3.47. The van der Waals surface area contributed by atoms with Crippen molar-refractivity contribution in [3.05, 3.63) is 0 Å². The number of carbonyl (C=O) groups is 1. The first-order valence-electron chi connectivity index (χ1n) is 4.39. The molecule has 0 aromatic rings. The highest BCUT2D eigenvalue weighted by Crippen LogP contribution is 1.97. The first-order valence-corrected chi connectivity index (χ1v) is 4.39. The van der Waals surface area contributed by atoms with Crippen molar-refractivity contribution in [2.75, 3.05) is 13.7 Å². The summed E-state index contributed by atoms with van der Waals surface area (Å²) in [6.07, 6.45) is 0.448. The molecule has 0 saturated heterocycles. The molecule has 0 aliphatic rings. The maximum absolute atomic E-state index is 11.1. The highest BCUT2D eigenvalue weighted by molar-refractivity contribution is 5.70. The van der Waals surface area contributed by atoms with Gasteiger partial charge in [0.2, 0.25) is 0 Å². The number of carbonyl (C=O) groups excluding carboxylic acids is 1. The highest BCUT2D eigenvalue weighted by Gasteiger charge is 2.08. The average Bonchev–Trinajstić information content (AvgIpc) is 2.00. The van der Waals surface area contributed by atoms with Gasteiger partial charge in [-0.1, -0.05) is 13.8 Å². The van der Waals surface area contributed by atoms with Gasteiger partial charge in [0.15, 0.2) is 0 Å². The standard InChI is InChI=1S/C9H19NO2/c1-7(2)6-12-9(11)5-8(3)10-4/h7-8,10H,5-6H2,1-4H3/t8-/m0/s1. The summed E-state index contributed by atoms with van der Waals surface area (Å²) in [4.78, 5) is 11.1. The minimum absolute atomic E-state index is 0.120. The van der Waals surface area contributed by atoms with Gasteiger partial charge in [-0.3, -0.25) is 4.79 Å². The van der Waals surface area contributed by atoms with Gasteiger partial charge in [0.05, 0.1) is 13.0 Å². The van der Waals surface area contributed by atoms with Gasteiger partial charge in [-0.15, -0.1) is 0 Å². The van der Waals surface area contributed by atoms with Crippen LogP contribution in [0.2, 0.25) is 0 Å². The molecule has 3 heteroatoms. The van der Waals surface area contributed by atoms with E-state index >= 15 is 0 Å².